The summed E-state index contributed by atoms with van der Waals surface area (Å²) in [5, 5.41) is 2.92. The second-order valence-electron chi connectivity index (χ2n) is 7.45. The van der Waals surface area contributed by atoms with Gasteiger partial charge in [-0.25, -0.2) is 0 Å². The van der Waals surface area contributed by atoms with Crippen LogP contribution in [-0.2, 0) is 11.2 Å². The van der Waals surface area contributed by atoms with Gasteiger partial charge in [-0.05, 0) is 60.6 Å². The van der Waals surface area contributed by atoms with Crippen LogP contribution in [0.1, 0.15) is 32.3 Å². The highest BCUT2D eigenvalue weighted by molar-refractivity contribution is 5.73. The monoisotopic (exact) mass is 351 g/mol. The molecule has 1 saturated carbocycles. The molecule has 0 saturated heterocycles. The molecular weight excluding hydrogens is 326 g/mol. The average molecular weight is 351 g/mol. The first kappa shape index (κ1) is 17.0. The van der Waals surface area contributed by atoms with E-state index < -0.39 is 0 Å². The number of hydrogen-bond acceptors (Lipinski definition) is 3. The molecule has 2 atom stereocenters. The summed E-state index contributed by atoms with van der Waals surface area (Å²) < 4.78 is 11.9. The van der Waals surface area contributed by atoms with Crippen molar-refractivity contribution in [3.63, 3.8) is 0 Å². The Hall–Kier alpha value is -2.49. The Kier molecular flexibility index (Phi) is 4.58. The molecule has 1 aliphatic heterocycles. The van der Waals surface area contributed by atoms with Crippen LogP contribution < -0.4 is 14.8 Å². The van der Waals surface area contributed by atoms with Crippen molar-refractivity contribution in [2.24, 2.45) is 5.92 Å². The minimum atomic E-state index is -0.0262. The van der Waals surface area contributed by atoms with E-state index >= 15 is 0 Å². The van der Waals surface area contributed by atoms with E-state index in [1.54, 1.807) is 0 Å². The fourth-order valence-electron chi connectivity index (χ4n) is 3.37. The molecule has 2 aromatic carbocycles. The molecule has 136 valence electrons. The Balaban J connectivity index is 1.44. The number of nitrogens with one attached hydrogen (secondary N) is 1. The lowest BCUT2D eigenvalue weighted by Gasteiger charge is -2.19. The van der Waals surface area contributed by atoms with Crippen molar-refractivity contribution in [2.45, 2.75) is 45.3 Å². The molecule has 26 heavy (non-hydrogen) atoms. The number of benzene rings is 2. The van der Waals surface area contributed by atoms with Crippen LogP contribution in [-0.4, -0.2) is 24.7 Å². The molecule has 1 aliphatic carbocycles. The van der Waals surface area contributed by atoms with Crippen LogP contribution >= 0.6 is 0 Å². The molecule has 0 unspecified atom stereocenters. The van der Waals surface area contributed by atoms with Gasteiger partial charge >= 0.3 is 0 Å². The molecule has 2 aromatic rings. The number of carbonyl (C=O) groups is 1. The van der Waals surface area contributed by atoms with E-state index in [0.29, 0.717) is 0 Å². The molecule has 4 rings (SSSR count). The van der Waals surface area contributed by atoms with Gasteiger partial charge in [0.25, 0.3) is 0 Å². The molecule has 4 heteroatoms. The van der Waals surface area contributed by atoms with Gasteiger partial charge in [0.05, 0.1) is 12.6 Å². The summed E-state index contributed by atoms with van der Waals surface area (Å²) in [5.74, 6) is 2.58. The summed E-state index contributed by atoms with van der Waals surface area (Å²) in [7, 11) is 0. The molecule has 1 amide bonds. The third kappa shape index (κ3) is 3.85. The summed E-state index contributed by atoms with van der Waals surface area (Å²) in [4.78, 5) is 11.3. The number of fused-ring (bicyclic) bond motifs is 1. The average Bonchev–Trinajstić information content (AvgIpc) is 3.36. The number of rotatable bonds is 6. The van der Waals surface area contributed by atoms with E-state index in [1.165, 1.54) is 25.3 Å². The van der Waals surface area contributed by atoms with Crippen LogP contribution in [0, 0.1) is 5.92 Å². The quantitative estimate of drug-likeness (QED) is 0.857. The lowest BCUT2D eigenvalue weighted by atomic mass is 10.0. The minimum Gasteiger partial charge on any atom is -0.493 e. The topological polar surface area (TPSA) is 47.6 Å². The van der Waals surface area contributed by atoms with Gasteiger partial charge in [-0.3, -0.25) is 4.79 Å². The maximum absolute atomic E-state index is 11.3. The molecule has 0 bridgehead atoms. The van der Waals surface area contributed by atoms with Crippen molar-refractivity contribution in [2.75, 3.05) is 6.61 Å². The summed E-state index contributed by atoms with van der Waals surface area (Å²) in [6.45, 7) is 4.36. The summed E-state index contributed by atoms with van der Waals surface area (Å²) >= 11 is 0. The van der Waals surface area contributed by atoms with Crippen molar-refractivity contribution in [1.29, 1.82) is 0 Å². The maximum Gasteiger partial charge on any atom is 0.217 e. The summed E-state index contributed by atoms with van der Waals surface area (Å²) in [5.41, 5.74) is 3.47. The molecule has 0 aromatic heterocycles. The van der Waals surface area contributed by atoms with Gasteiger partial charge in [-0.2, -0.15) is 0 Å². The number of hydrogen-bond donors (Lipinski definition) is 1. The van der Waals surface area contributed by atoms with Crippen LogP contribution in [0.3, 0.4) is 0 Å². The summed E-state index contributed by atoms with van der Waals surface area (Å²) in [6, 6.07) is 14.6. The van der Waals surface area contributed by atoms with Crippen molar-refractivity contribution in [1.82, 2.24) is 5.32 Å². The smallest absolute Gasteiger partial charge is 0.217 e. The molecule has 1 N–H and O–H groups in total. The van der Waals surface area contributed by atoms with Gasteiger partial charge < -0.3 is 14.8 Å². The van der Waals surface area contributed by atoms with Crippen LogP contribution in [0.15, 0.2) is 42.5 Å². The first-order valence-corrected chi connectivity index (χ1v) is 9.38. The van der Waals surface area contributed by atoms with Crippen LogP contribution in [0.2, 0.25) is 0 Å². The molecule has 2 aliphatic rings. The Morgan fingerprint density at radius 3 is 2.62 bits per heavy atom. The Labute approximate surface area is 154 Å². The van der Waals surface area contributed by atoms with Crippen LogP contribution in [0.4, 0.5) is 0 Å². The second kappa shape index (κ2) is 7.02. The van der Waals surface area contributed by atoms with Gasteiger partial charge in [0.1, 0.15) is 17.6 Å². The third-order valence-corrected chi connectivity index (χ3v) is 5.13. The van der Waals surface area contributed by atoms with Crippen molar-refractivity contribution < 1.29 is 14.3 Å². The van der Waals surface area contributed by atoms with Gasteiger partial charge in [0.2, 0.25) is 5.91 Å². The highest BCUT2D eigenvalue weighted by Gasteiger charge is 2.28. The molecule has 0 spiro atoms. The molecule has 1 fully saturated rings. The number of amides is 1. The lowest BCUT2D eigenvalue weighted by Crippen LogP contribution is -2.42. The van der Waals surface area contributed by atoms with Crippen molar-refractivity contribution in [3.8, 4) is 22.6 Å². The van der Waals surface area contributed by atoms with E-state index in [9.17, 15) is 4.79 Å². The Morgan fingerprint density at radius 2 is 1.92 bits per heavy atom. The zero-order chi connectivity index (χ0) is 18.1. The zero-order valence-electron chi connectivity index (χ0n) is 15.3. The molecule has 1 heterocycles. The molecular formula is C22H25NO3. The fourth-order valence-corrected chi connectivity index (χ4v) is 3.37. The first-order chi connectivity index (χ1) is 12.6. The second-order valence-corrected chi connectivity index (χ2v) is 7.45. The largest absolute Gasteiger partial charge is 0.493 e. The fraction of sp³-hybridized carbons (Fsp3) is 0.409. The van der Waals surface area contributed by atoms with Gasteiger partial charge in [-0.15, -0.1) is 0 Å². The molecule has 4 nitrogen and oxygen atoms in total. The van der Waals surface area contributed by atoms with Crippen LogP contribution in [0.5, 0.6) is 11.5 Å². The minimum absolute atomic E-state index is 0.00810. The third-order valence-electron chi connectivity index (χ3n) is 5.13. The Bertz CT molecular complexity index is 796. The summed E-state index contributed by atoms with van der Waals surface area (Å²) in [6.07, 6.45) is 3.41. The highest BCUT2D eigenvalue weighted by atomic mass is 16.5. The van der Waals surface area contributed by atoms with E-state index in [0.717, 1.165) is 41.6 Å². The maximum atomic E-state index is 11.3. The SMILES string of the molecule is CC(=O)N[C@@H](C)[C@H]1Cc2ccc(-c3ccc(OCC4CC4)cc3)cc2O1. The predicted molar refractivity (Wildman–Crippen MR) is 101 cm³/mol. The lowest BCUT2D eigenvalue weighted by molar-refractivity contribution is -0.120. The number of carbonyl (C=O) groups excluding carboxylic acids is 1. The van der Waals surface area contributed by atoms with E-state index in [2.05, 4.69) is 35.6 Å². The predicted octanol–water partition coefficient (Wildman–Crippen LogP) is 3.97. The van der Waals surface area contributed by atoms with Gasteiger partial charge in [0, 0.05) is 13.3 Å². The first-order valence-electron chi connectivity index (χ1n) is 9.38. The van der Waals surface area contributed by atoms with E-state index in [4.69, 9.17) is 9.47 Å². The van der Waals surface area contributed by atoms with Crippen molar-refractivity contribution >= 4 is 5.91 Å². The van der Waals surface area contributed by atoms with Gasteiger partial charge in [-0.1, -0.05) is 24.3 Å². The van der Waals surface area contributed by atoms with E-state index in [1.807, 2.05) is 19.1 Å². The van der Waals surface area contributed by atoms with E-state index in [-0.39, 0.29) is 18.1 Å². The highest BCUT2D eigenvalue weighted by Crippen LogP contribution is 2.35. The Morgan fingerprint density at radius 1 is 1.19 bits per heavy atom. The standard InChI is InChI=1S/C22H25NO3/c1-14(23-15(2)24)21-12-19-6-5-18(11-22(19)26-21)17-7-9-20(10-8-17)25-13-16-3-4-16/h5-11,14,16,21H,3-4,12-13H2,1-2H3,(H,23,24)/t14-,21+/m0/s1. The zero-order valence-corrected chi connectivity index (χ0v) is 15.3. The van der Waals surface area contributed by atoms with Crippen LogP contribution in [0.25, 0.3) is 11.1 Å². The molecule has 0 radical (unpaired) electrons. The van der Waals surface area contributed by atoms with Crippen molar-refractivity contribution in [3.05, 3.63) is 48.0 Å². The van der Waals surface area contributed by atoms with Gasteiger partial charge in [0.15, 0.2) is 0 Å². The normalized spacial score (nSPS) is 19.4. The number of ether oxygens (including phenoxy) is 2.